The monoisotopic (exact) mass is 476 g/mol. The molecule has 0 bridgehead atoms. The first kappa shape index (κ1) is 21.9. The highest BCUT2D eigenvalue weighted by atomic mass is 35.5. The number of anilines is 1. The Morgan fingerprint density at radius 2 is 1.81 bits per heavy atom. The van der Waals surface area contributed by atoms with E-state index in [1.165, 1.54) is 33.8 Å². The molecule has 2 aromatic carbocycles. The number of carbonyl (C=O) groups excluding carboxylic acids is 1. The summed E-state index contributed by atoms with van der Waals surface area (Å²) in [7, 11) is -3.67. The second-order valence-corrected chi connectivity index (χ2v) is 10.6. The number of rotatable bonds is 6. The normalized spacial score (nSPS) is 15.0. The summed E-state index contributed by atoms with van der Waals surface area (Å²) in [5.41, 5.74) is 1.18. The SMILES string of the molecule is O=C(Nc1nnc(Cc2ccccc2)s1)c1cc(S(=O)(=O)N2CCCCC2)ccc1Cl. The maximum absolute atomic E-state index is 12.9. The lowest BCUT2D eigenvalue weighted by atomic mass is 10.2. The van der Waals surface area contributed by atoms with Crippen molar-refractivity contribution in [2.45, 2.75) is 30.6 Å². The lowest BCUT2D eigenvalue weighted by Gasteiger charge is -2.26. The number of amides is 1. The summed E-state index contributed by atoms with van der Waals surface area (Å²) in [6.45, 7) is 0.975. The molecule has 1 fully saturated rings. The van der Waals surface area contributed by atoms with Crippen LogP contribution in [0.3, 0.4) is 0 Å². The molecule has 31 heavy (non-hydrogen) atoms. The van der Waals surface area contributed by atoms with Crippen LogP contribution >= 0.6 is 22.9 Å². The quantitative estimate of drug-likeness (QED) is 0.575. The van der Waals surface area contributed by atoms with E-state index in [2.05, 4.69) is 15.5 Å². The predicted octanol–water partition coefficient (Wildman–Crippen LogP) is 4.21. The van der Waals surface area contributed by atoms with Crippen molar-refractivity contribution in [2.75, 3.05) is 18.4 Å². The molecule has 1 aliphatic heterocycles. The Labute approximate surface area is 190 Å². The Hall–Kier alpha value is -2.33. The van der Waals surface area contributed by atoms with Gasteiger partial charge in [0.1, 0.15) is 5.01 Å². The van der Waals surface area contributed by atoms with E-state index in [4.69, 9.17) is 11.6 Å². The number of nitrogens with one attached hydrogen (secondary N) is 1. The summed E-state index contributed by atoms with van der Waals surface area (Å²) in [5, 5.41) is 12.1. The highest BCUT2D eigenvalue weighted by molar-refractivity contribution is 7.89. The van der Waals surface area contributed by atoms with Gasteiger partial charge in [0.25, 0.3) is 5.91 Å². The van der Waals surface area contributed by atoms with Crippen LogP contribution in [0.1, 0.15) is 40.2 Å². The van der Waals surface area contributed by atoms with Crippen molar-refractivity contribution in [2.24, 2.45) is 0 Å². The maximum Gasteiger partial charge on any atom is 0.259 e. The Balaban J connectivity index is 1.50. The summed E-state index contributed by atoms with van der Waals surface area (Å²) in [4.78, 5) is 12.9. The van der Waals surface area contributed by atoms with Crippen molar-refractivity contribution in [3.8, 4) is 0 Å². The molecule has 4 rings (SSSR count). The van der Waals surface area contributed by atoms with Crippen molar-refractivity contribution in [3.63, 3.8) is 0 Å². The number of hydrogen-bond acceptors (Lipinski definition) is 6. The second kappa shape index (κ2) is 9.44. The molecule has 0 radical (unpaired) electrons. The van der Waals surface area contributed by atoms with Gasteiger partial charge >= 0.3 is 0 Å². The fourth-order valence-electron chi connectivity index (χ4n) is 3.40. The van der Waals surface area contributed by atoms with Gasteiger partial charge in [0.2, 0.25) is 15.2 Å². The largest absolute Gasteiger partial charge is 0.296 e. The Kier molecular flexibility index (Phi) is 6.66. The van der Waals surface area contributed by atoms with E-state index in [0.717, 1.165) is 29.8 Å². The van der Waals surface area contributed by atoms with Crippen LogP contribution in [-0.4, -0.2) is 41.9 Å². The van der Waals surface area contributed by atoms with E-state index < -0.39 is 15.9 Å². The van der Waals surface area contributed by atoms with E-state index in [0.29, 0.717) is 24.6 Å². The van der Waals surface area contributed by atoms with Gasteiger partial charge in [0.15, 0.2) is 0 Å². The number of sulfonamides is 1. The first-order valence-corrected chi connectivity index (χ1v) is 12.5. The smallest absolute Gasteiger partial charge is 0.259 e. The summed E-state index contributed by atoms with van der Waals surface area (Å²) in [5.74, 6) is -0.525. The third-order valence-electron chi connectivity index (χ3n) is 5.02. The molecule has 7 nitrogen and oxygen atoms in total. The van der Waals surface area contributed by atoms with Gasteiger partial charge in [0.05, 0.1) is 15.5 Å². The molecule has 1 aliphatic rings. The standard InChI is InChI=1S/C21H21ClN4O3S2/c22-18-10-9-16(31(28,29)26-11-5-2-6-12-26)14-17(18)20(27)23-21-25-24-19(30-21)13-15-7-3-1-4-8-15/h1,3-4,7-10,14H,2,5-6,11-13H2,(H,23,25,27). The van der Waals surface area contributed by atoms with Crippen LogP contribution in [0.5, 0.6) is 0 Å². The topological polar surface area (TPSA) is 92.3 Å². The highest BCUT2D eigenvalue weighted by Gasteiger charge is 2.27. The summed E-state index contributed by atoms with van der Waals surface area (Å²) in [6, 6.07) is 14.0. The molecule has 1 saturated heterocycles. The van der Waals surface area contributed by atoms with Crippen LogP contribution < -0.4 is 5.32 Å². The number of piperidine rings is 1. The summed E-state index contributed by atoms with van der Waals surface area (Å²) in [6.07, 6.45) is 3.30. The minimum absolute atomic E-state index is 0.0611. The van der Waals surface area contributed by atoms with E-state index in [9.17, 15) is 13.2 Å². The fourth-order valence-corrected chi connectivity index (χ4v) is 5.92. The van der Waals surface area contributed by atoms with E-state index >= 15 is 0 Å². The van der Waals surface area contributed by atoms with Crippen LogP contribution in [0.25, 0.3) is 0 Å². The van der Waals surface area contributed by atoms with Crippen molar-refractivity contribution >= 4 is 44.0 Å². The molecule has 1 N–H and O–H groups in total. The molecule has 2 heterocycles. The van der Waals surface area contributed by atoms with Gasteiger partial charge in [-0.15, -0.1) is 10.2 Å². The van der Waals surface area contributed by atoms with Crippen LogP contribution in [0.15, 0.2) is 53.4 Å². The average molecular weight is 477 g/mol. The third kappa shape index (κ3) is 5.12. The summed E-state index contributed by atoms with van der Waals surface area (Å²) < 4.78 is 27.3. The van der Waals surface area contributed by atoms with Crippen molar-refractivity contribution < 1.29 is 13.2 Å². The number of benzene rings is 2. The van der Waals surface area contributed by atoms with Crippen LogP contribution in [-0.2, 0) is 16.4 Å². The Morgan fingerprint density at radius 3 is 2.55 bits per heavy atom. The van der Waals surface area contributed by atoms with Crippen LogP contribution in [0.2, 0.25) is 5.02 Å². The highest BCUT2D eigenvalue weighted by Crippen LogP contribution is 2.26. The van der Waals surface area contributed by atoms with Crippen LogP contribution in [0, 0.1) is 0 Å². The molecule has 1 amide bonds. The zero-order valence-corrected chi connectivity index (χ0v) is 19.0. The Bertz CT molecular complexity index is 1180. The number of hydrogen-bond donors (Lipinski definition) is 1. The van der Waals surface area contributed by atoms with E-state index in [1.54, 1.807) is 0 Å². The number of nitrogens with zero attached hydrogens (tertiary/aromatic N) is 3. The van der Waals surface area contributed by atoms with Crippen molar-refractivity contribution in [1.29, 1.82) is 0 Å². The first-order chi connectivity index (χ1) is 14.9. The fraction of sp³-hybridized carbons (Fsp3) is 0.286. The van der Waals surface area contributed by atoms with Crippen molar-refractivity contribution in [3.05, 3.63) is 69.7 Å². The lowest BCUT2D eigenvalue weighted by molar-refractivity contribution is 0.102. The van der Waals surface area contributed by atoms with Gasteiger partial charge in [-0.25, -0.2) is 8.42 Å². The predicted molar refractivity (Wildman–Crippen MR) is 121 cm³/mol. The number of halogens is 1. The van der Waals surface area contributed by atoms with Gasteiger partial charge in [0, 0.05) is 19.5 Å². The summed E-state index contributed by atoms with van der Waals surface area (Å²) >= 11 is 7.47. The molecule has 3 aromatic rings. The molecule has 0 unspecified atom stereocenters. The zero-order chi connectivity index (χ0) is 21.8. The maximum atomic E-state index is 12.9. The molecule has 1 aromatic heterocycles. The molecule has 162 valence electrons. The minimum atomic E-state index is -3.67. The van der Waals surface area contributed by atoms with Crippen LogP contribution in [0.4, 0.5) is 5.13 Å². The molecule has 0 saturated carbocycles. The van der Waals surface area contributed by atoms with Gasteiger partial charge in [-0.2, -0.15) is 4.31 Å². The minimum Gasteiger partial charge on any atom is -0.296 e. The number of aromatic nitrogens is 2. The number of carbonyl (C=O) groups is 1. The molecule has 10 heteroatoms. The molecule has 0 spiro atoms. The molecular weight excluding hydrogens is 456 g/mol. The molecular formula is C21H21ClN4O3S2. The van der Waals surface area contributed by atoms with Gasteiger partial charge in [-0.05, 0) is 36.6 Å². The molecule has 0 atom stereocenters. The van der Waals surface area contributed by atoms with E-state index in [-0.39, 0.29) is 15.5 Å². The van der Waals surface area contributed by atoms with Gasteiger partial charge < -0.3 is 0 Å². The van der Waals surface area contributed by atoms with Crippen molar-refractivity contribution in [1.82, 2.24) is 14.5 Å². The Morgan fingerprint density at radius 1 is 1.06 bits per heavy atom. The second-order valence-electron chi connectivity index (χ2n) is 7.22. The average Bonchev–Trinajstić information content (AvgIpc) is 3.21. The first-order valence-electron chi connectivity index (χ1n) is 9.91. The lowest BCUT2D eigenvalue weighted by Crippen LogP contribution is -2.35. The third-order valence-corrected chi connectivity index (χ3v) is 8.08. The van der Waals surface area contributed by atoms with Gasteiger partial charge in [-0.3, -0.25) is 10.1 Å². The zero-order valence-electron chi connectivity index (χ0n) is 16.6. The van der Waals surface area contributed by atoms with E-state index in [1.807, 2.05) is 30.3 Å². The molecule has 0 aliphatic carbocycles. The van der Waals surface area contributed by atoms with Gasteiger partial charge in [-0.1, -0.05) is 59.7 Å².